The van der Waals surface area contributed by atoms with E-state index in [1.54, 1.807) is 0 Å². The second kappa shape index (κ2) is 5.55. The van der Waals surface area contributed by atoms with Gasteiger partial charge >= 0.3 is 5.97 Å². The van der Waals surface area contributed by atoms with Crippen molar-refractivity contribution in [3.63, 3.8) is 0 Å². The molecule has 0 aromatic rings. The van der Waals surface area contributed by atoms with Crippen molar-refractivity contribution in [3.05, 3.63) is 0 Å². The number of nitrogens with one attached hydrogen (secondary N) is 1. The molecule has 0 radical (unpaired) electrons. The van der Waals surface area contributed by atoms with Gasteiger partial charge in [0.15, 0.2) is 6.29 Å². The normalized spacial score (nSPS) is 44.9. The molecule has 2 saturated heterocycles. The fourth-order valence-corrected chi connectivity index (χ4v) is 2.90. The van der Waals surface area contributed by atoms with Gasteiger partial charge in [-0.15, -0.1) is 0 Å². The van der Waals surface area contributed by atoms with E-state index >= 15 is 0 Å². The van der Waals surface area contributed by atoms with Gasteiger partial charge in [-0.3, -0.25) is 10.1 Å². The molecule has 4 unspecified atom stereocenters. The van der Waals surface area contributed by atoms with Crippen molar-refractivity contribution in [1.82, 2.24) is 5.32 Å². The van der Waals surface area contributed by atoms with E-state index < -0.39 is 0 Å². The van der Waals surface area contributed by atoms with Crippen molar-refractivity contribution in [1.29, 1.82) is 0 Å². The average molecular weight is 257 g/mol. The van der Waals surface area contributed by atoms with Crippen molar-refractivity contribution in [2.75, 3.05) is 6.61 Å². The molecular formula is C13H23NO4. The third-order valence-corrected chi connectivity index (χ3v) is 3.59. The Kier molecular flexibility index (Phi) is 4.25. The number of carbonyl (C=O) groups is 1. The maximum absolute atomic E-state index is 11.3. The standard InChI is InChI=1S/C13H23NO4/c1-7-5-8(2)12(18-10(4)15)11-13(16-6-7)17-9(3)14-11/h7-9,11-14H,5-6H2,1-4H3/t7?,8-,9?,11?,12?,13+/m0/s1. The summed E-state index contributed by atoms with van der Waals surface area (Å²) >= 11 is 0. The number of ether oxygens (including phenoxy) is 3. The van der Waals surface area contributed by atoms with Gasteiger partial charge in [-0.1, -0.05) is 13.8 Å². The number of hydrogen-bond acceptors (Lipinski definition) is 5. The summed E-state index contributed by atoms with van der Waals surface area (Å²) in [7, 11) is 0. The first-order valence-electron chi connectivity index (χ1n) is 6.67. The molecule has 0 amide bonds. The van der Waals surface area contributed by atoms with E-state index in [0.29, 0.717) is 18.4 Å². The Morgan fingerprint density at radius 1 is 1.33 bits per heavy atom. The van der Waals surface area contributed by atoms with Crippen LogP contribution in [0.4, 0.5) is 0 Å². The summed E-state index contributed by atoms with van der Waals surface area (Å²) in [5, 5.41) is 3.30. The summed E-state index contributed by atoms with van der Waals surface area (Å²) < 4.78 is 16.9. The van der Waals surface area contributed by atoms with E-state index in [1.807, 2.05) is 6.92 Å². The third-order valence-electron chi connectivity index (χ3n) is 3.59. The summed E-state index contributed by atoms with van der Waals surface area (Å²) in [4.78, 5) is 11.3. The summed E-state index contributed by atoms with van der Waals surface area (Å²) in [5.41, 5.74) is 0. The van der Waals surface area contributed by atoms with Crippen LogP contribution in [0.1, 0.15) is 34.1 Å². The minimum absolute atomic E-state index is 0.0707. The van der Waals surface area contributed by atoms with E-state index in [0.717, 1.165) is 6.42 Å². The van der Waals surface area contributed by atoms with Crippen LogP contribution in [0.5, 0.6) is 0 Å². The predicted octanol–water partition coefficient (Wildman–Crippen LogP) is 1.27. The summed E-state index contributed by atoms with van der Waals surface area (Å²) in [6.45, 7) is 8.34. The molecule has 2 heterocycles. The first kappa shape index (κ1) is 13.8. The third kappa shape index (κ3) is 3.02. The maximum Gasteiger partial charge on any atom is 0.302 e. The number of esters is 1. The molecule has 0 aliphatic carbocycles. The second-order valence-corrected chi connectivity index (χ2v) is 5.56. The molecule has 2 fully saturated rings. The number of carbonyl (C=O) groups excluding carboxylic acids is 1. The Bertz CT molecular complexity index is 309. The van der Waals surface area contributed by atoms with E-state index in [9.17, 15) is 4.79 Å². The highest BCUT2D eigenvalue weighted by Gasteiger charge is 2.44. The second-order valence-electron chi connectivity index (χ2n) is 5.56. The molecule has 2 aliphatic heterocycles. The lowest BCUT2D eigenvalue weighted by Crippen LogP contribution is -2.50. The van der Waals surface area contributed by atoms with Gasteiger partial charge in [0.2, 0.25) is 0 Å². The molecule has 1 N–H and O–H groups in total. The predicted molar refractivity (Wildman–Crippen MR) is 65.7 cm³/mol. The van der Waals surface area contributed by atoms with Crippen LogP contribution < -0.4 is 5.32 Å². The maximum atomic E-state index is 11.3. The molecule has 0 aromatic heterocycles. The Morgan fingerprint density at radius 3 is 2.72 bits per heavy atom. The van der Waals surface area contributed by atoms with Gasteiger partial charge in [-0.2, -0.15) is 0 Å². The van der Waals surface area contributed by atoms with Gasteiger partial charge in [0.25, 0.3) is 0 Å². The Morgan fingerprint density at radius 2 is 2.06 bits per heavy atom. The van der Waals surface area contributed by atoms with Crippen molar-refractivity contribution >= 4 is 5.97 Å². The minimum atomic E-state index is -0.324. The number of hydrogen-bond donors (Lipinski definition) is 1. The lowest BCUT2D eigenvalue weighted by molar-refractivity contribution is -0.178. The van der Waals surface area contributed by atoms with Gasteiger partial charge < -0.3 is 14.2 Å². The summed E-state index contributed by atoms with van der Waals surface area (Å²) in [6.07, 6.45) is 0.394. The van der Waals surface area contributed by atoms with E-state index in [1.165, 1.54) is 6.92 Å². The van der Waals surface area contributed by atoms with Crippen LogP contribution in [0, 0.1) is 11.8 Å². The topological polar surface area (TPSA) is 56.8 Å². The molecular weight excluding hydrogens is 234 g/mol. The molecule has 2 aliphatic rings. The molecule has 0 saturated carbocycles. The lowest BCUT2D eigenvalue weighted by Gasteiger charge is -2.35. The quantitative estimate of drug-likeness (QED) is 0.717. The molecule has 104 valence electrons. The molecule has 0 aromatic carbocycles. The van der Waals surface area contributed by atoms with Crippen LogP contribution in [-0.4, -0.2) is 37.2 Å². The van der Waals surface area contributed by atoms with Crippen LogP contribution in [0.15, 0.2) is 0 Å². The molecule has 0 bridgehead atoms. The van der Waals surface area contributed by atoms with Gasteiger partial charge in [-0.05, 0) is 25.2 Å². The molecule has 5 heteroatoms. The van der Waals surface area contributed by atoms with Crippen LogP contribution in [0.3, 0.4) is 0 Å². The zero-order valence-corrected chi connectivity index (χ0v) is 11.5. The van der Waals surface area contributed by atoms with Gasteiger partial charge in [-0.25, -0.2) is 0 Å². The molecule has 5 nitrogen and oxygen atoms in total. The van der Waals surface area contributed by atoms with Crippen LogP contribution in [0.25, 0.3) is 0 Å². The Hall–Kier alpha value is -0.650. The largest absolute Gasteiger partial charge is 0.460 e. The summed E-state index contributed by atoms with van der Waals surface area (Å²) in [5.74, 6) is 0.486. The zero-order chi connectivity index (χ0) is 13.3. The van der Waals surface area contributed by atoms with Gasteiger partial charge in [0, 0.05) is 6.92 Å². The van der Waals surface area contributed by atoms with Crippen LogP contribution in [-0.2, 0) is 19.0 Å². The highest BCUT2D eigenvalue weighted by Crippen LogP contribution is 2.30. The summed E-state index contributed by atoms with van der Waals surface area (Å²) in [6, 6.07) is -0.0774. The lowest BCUT2D eigenvalue weighted by atomic mass is 9.88. The van der Waals surface area contributed by atoms with Gasteiger partial charge in [0.1, 0.15) is 12.3 Å². The fraction of sp³-hybridized carbons (Fsp3) is 0.923. The van der Waals surface area contributed by atoms with E-state index in [4.69, 9.17) is 14.2 Å². The van der Waals surface area contributed by atoms with E-state index in [-0.39, 0.29) is 30.6 Å². The molecule has 6 atom stereocenters. The van der Waals surface area contributed by atoms with Crippen LogP contribution >= 0.6 is 0 Å². The smallest absolute Gasteiger partial charge is 0.302 e. The van der Waals surface area contributed by atoms with Crippen molar-refractivity contribution < 1.29 is 19.0 Å². The Balaban J connectivity index is 2.16. The molecule has 18 heavy (non-hydrogen) atoms. The number of fused-ring (bicyclic) bond motifs is 1. The highest BCUT2D eigenvalue weighted by atomic mass is 16.7. The van der Waals surface area contributed by atoms with Crippen molar-refractivity contribution in [2.45, 2.75) is 58.8 Å². The highest BCUT2D eigenvalue weighted by molar-refractivity contribution is 5.66. The Labute approximate surface area is 108 Å². The monoisotopic (exact) mass is 257 g/mol. The van der Waals surface area contributed by atoms with Crippen LogP contribution in [0.2, 0.25) is 0 Å². The number of rotatable bonds is 1. The first-order valence-corrected chi connectivity index (χ1v) is 6.67. The van der Waals surface area contributed by atoms with Crippen molar-refractivity contribution in [2.24, 2.45) is 11.8 Å². The van der Waals surface area contributed by atoms with E-state index in [2.05, 4.69) is 19.2 Å². The first-order chi connectivity index (χ1) is 8.47. The minimum Gasteiger partial charge on any atom is -0.460 e. The fourth-order valence-electron chi connectivity index (χ4n) is 2.90. The zero-order valence-electron chi connectivity index (χ0n) is 11.5. The molecule has 0 spiro atoms. The van der Waals surface area contributed by atoms with Crippen molar-refractivity contribution in [3.8, 4) is 0 Å². The SMILES string of the molecule is CC(=O)OC1C2NC(C)O[C@H]2OCC(C)C[C@@H]1C. The average Bonchev–Trinajstić information content (AvgIpc) is 2.62. The molecule has 2 rings (SSSR count). The van der Waals surface area contributed by atoms with Gasteiger partial charge in [0.05, 0.1) is 12.6 Å².